The molecule has 0 aromatic rings. The van der Waals surface area contributed by atoms with Gasteiger partial charge in [0.25, 0.3) is 0 Å². The summed E-state index contributed by atoms with van der Waals surface area (Å²) in [7, 11) is 0. The molecule has 2 N–H and O–H groups in total. The lowest BCUT2D eigenvalue weighted by molar-refractivity contribution is -0.127. The SMILES string of the molecule is CC.CC.C[C@]12CC[C@H](O)CC1CC[C@@H]1C2CC[C@@]2(C)C1CC[C@@H]2CCCC(O)C1CC1. The van der Waals surface area contributed by atoms with Gasteiger partial charge in [-0.25, -0.2) is 0 Å². The average Bonchev–Trinajstić information content (AvgIpc) is 3.60. The molecule has 2 nitrogen and oxygen atoms in total. The summed E-state index contributed by atoms with van der Waals surface area (Å²) in [5, 5.41) is 20.5. The summed E-state index contributed by atoms with van der Waals surface area (Å²) in [6, 6.07) is 0. The van der Waals surface area contributed by atoms with E-state index < -0.39 is 0 Å². The molecule has 0 bridgehead atoms. The number of aliphatic hydroxyl groups excluding tert-OH is 2. The largest absolute Gasteiger partial charge is 0.393 e. The molecule has 5 rings (SSSR count). The van der Waals surface area contributed by atoms with Crippen molar-refractivity contribution >= 4 is 0 Å². The van der Waals surface area contributed by atoms with Crippen LogP contribution in [0.4, 0.5) is 0 Å². The van der Waals surface area contributed by atoms with Crippen LogP contribution in [0.5, 0.6) is 0 Å². The first-order chi connectivity index (χ1) is 15.4. The molecule has 5 fully saturated rings. The first-order valence-corrected chi connectivity index (χ1v) is 14.8. The lowest BCUT2D eigenvalue weighted by Gasteiger charge is -2.61. The van der Waals surface area contributed by atoms with Gasteiger partial charge in [0.05, 0.1) is 12.2 Å². The van der Waals surface area contributed by atoms with Gasteiger partial charge in [0, 0.05) is 0 Å². The molecule has 32 heavy (non-hydrogen) atoms. The van der Waals surface area contributed by atoms with E-state index in [9.17, 15) is 10.2 Å². The molecule has 2 heteroatoms. The topological polar surface area (TPSA) is 40.5 Å². The molecular formula is C30H56O2. The van der Waals surface area contributed by atoms with Gasteiger partial charge < -0.3 is 10.2 Å². The summed E-state index contributed by atoms with van der Waals surface area (Å²) in [5.41, 5.74) is 1.08. The van der Waals surface area contributed by atoms with E-state index in [1.165, 1.54) is 70.6 Å². The Bertz CT molecular complexity index is 571. The third kappa shape index (κ3) is 4.98. The van der Waals surface area contributed by atoms with E-state index in [1.807, 2.05) is 27.7 Å². The Balaban J connectivity index is 0.000000686. The molecule has 0 spiro atoms. The summed E-state index contributed by atoms with van der Waals surface area (Å²) in [5.74, 6) is 5.16. The van der Waals surface area contributed by atoms with Crippen molar-refractivity contribution in [3.63, 3.8) is 0 Å². The van der Waals surface area contributed by atoms with Crippen molar-refractivity contribution in [3.05, 3.63) is 0 Å². The Labute approximate surface area is 200 Å². The smallest absolute Gasteiger partial charge is 0.0568 e. The van der Waals surface area contributed by atoms with Gasteiger partial charge in [-0.15, -0.1) is 0 Å². The molecule has 0 aromatic carbocycles. The highest BCUT2D eigenvalue weighted by atomic mass is 16.3. The maximum absolute atomic E-state index is 10.3. The van der Waals surface area contributed by atoms with E-state index in [2.05, 4.69) is 13.8 Å². The third-order valence-corrected chi connectivity index (χ3v) is 11.1. The normalized spacial score (nSPS) is 45.8. The molecular weight excluding hydrogens is 392 g/mol. The summed E-state index contributed by atoms with van der Waals surface area (Å²) in [6.07, 6.45) is 18.2. The predicted molar refractivity (Wildman–Crippen MR) is 137 cm³/mol. The van der Waals surface area contributed by atoms with Crippen LogP contribution in [0.25, 0.3) is 0 Å². The molecule has 0 radical (unpaired) electrons. The number of hydrogen-bond acceptors (Lipinski definition) is 2. The van der Waals surface area contributed by atoms with E-state index in [-0.39, 0.29) is 12.2 Å². The van der Waals surface area contributed by atoms with Crippen LogP contribution < -0.4 is 0 Å². The molecule has 188 valence electrons. The van der Waals surface area contributed by atoms with Crippen LogP contribution in [-0.2, 0) is 0 Å². The van der Waals surface area contributed by atoms with Crippen molar-refractivity contribution in [1.82, 2.24) is 0 Å². The molecule has 5 aliphatic carbocycles. The van der Waals surface area contributed by atoms with Crippen LogP contribution in [0.15, 0.2) is 0 Å². The second-order valence-electron chi connectivity index (χ2n) is 12.2. The zero-order chi connectivity index (χ0) is 23.5. The highest BCUT2D eigenvalue weighted by Gasteiger charge is 2.59. The quantitative estimate of drug-likeness (QED) is 0.447. The maximum atomic E-state index is 10.3. The Morgan fingerprint density at radius 2 is 1.44 bits per heavy atom. The maximum Gasteiger partial charge on any atom is 0.0568 e. The molecule has 9 atom stereocenters. The lowest BCUT2D eigenvalue weighted by Crippen LogP contribution is -2.53. The molecule has 0 heterocycles. The van der Waals surface area contributed by atoms with Gasteiger partial charge in [-0.3, -0.25) is 0 Å². The Morgan fingerprint density at radius 1 is 0.781 bits per heavy atom. The minimum atomic E-state index is -0.0228. The molecule has 0 aromatic heterocycles. The number of aliphatic hydroxyl groups is 2. The third-order valence-electron chi connectivity index (χ3n) is 11.1. The summed E-state index contributed by atoms with van der Waals surface area (Å²) in [6.45, 7) is 13.3. The van der Waals surface area contributed by atoms with Crippen molar-refractivity contribution < 1.29 is 10.2 Å². The summed E-state index contributed by atoms with van der Waals surface area (Å²) < 4.78 is 0. The zero-order valence-electron chi connectivity index (χ0n) is 22.4. The summed E-state index contributed by atoms with van der Waals surface area (Å²) >= 11 is 0. The first kappa shape index (κ1) is 26.5. The van der Waals surface area contributed by atoms with Crippen LogP contribution in [0.1, 0.15) is 131 Å². The van der Waals surface area contributed by atoms with Gasteiger partial charge in [-0.1, -0.05) is 48.0 Å². The van der Waals surface area contributed by atoms with Crippen LogP contribution >= 0.6 is 0 Å². The fraction of sp³-hybridized carbons (Fsp3) is 1.00. The fourth-order valence-electron chi connectivity index (χ4n) is 9.11. The molecule has 5 aliphatic rings. The van der Waals surface area contributed by atoms with Gasteiger partial charge in [-0.05, 0) is 130 Å². The van der Waals surface area contributed by atoms with E-state index in [1.54, 1.807) is 0 Å². The molecule has 0 amide bonds. The van der Waals surface area contributed by atoms with Gasteiger partial charge in [0.15, 0.2) is 0 Å². The average molecular weight is 449 g/mol. The van der Waals surface area contributed by atoms with Crippen molar-refractivity contribution in [1.29, 1.82) is 0 Å². The van der Waals surface area contributed by atoms with Crippen molar-refractivity contribution in [2.45, 2.75) is 144 Å². The number of hydrogen-bond donors (Lipinski definition) is 2. The van der Waals surface area contributed by atoms with Crippen LogP contribution in [-0.4, -0.2) is 22.4 Å². The standard InChI is InChI=1S/C26H44O2.2C2H6/c1-25-15-13-23-21(10-8-19-16-20(27)12-14-26(19,23)2)22(25)11-9-18(25)4-3-5-24(28)17-6-7-17;2*1-2/h17-24,27-28H,3-16H2,1-2H3;2*1-2H3/t18-,19?,20-,21-,22?,23?,24?,25+,26-;;/m0../s1. The number of fused-ring (bicyclic) bond motifs is 5. The minimum absolute atomic E-state index is 0.00220. The van der Waals surface area contributed by atoms with Gasteiger partial charge in [0.1, 0.15) is 0 Å². The van der Waals surface area contributed by atoms with E-state index in [0.29, 0.717) is 16.7 Å². The van der Waals surface area contributed by atoms with Gasteiger partial charge in [-0.2, -0.15) is 0 Å². The second kappa shape index (κ2) is 11.1. The summed E-state index contributed by atoms with van der Waals surface area (Å²) in [4.78, 5) is 0. The number of rotatable bonds is 5. The first-order valence-electron chi connectivity index (χ1n) is 14.8. The van der Waals surface area contributed by atoms with Crippen LogP contribution in [0.2, 0.25) is 0 Å². The monoisotopic (exact) mass is 448 g/mol. The van der Waals surface area contributed by atoms with Gasteiger partial charge >= 0.3 is 0 Å². The van der Waals surface area contributed by atoms with Crippen LogP contribution in [0.3, 0.4) is 0 Å². The fourth-order valence-corrected chi connectivity index (χ4v) is 9.11. The Morgan fingerprint density at radius 3 is 2.12 bits per heavy atom. The van der Waals surface area contributed by atoms with Crippen LogP contribution in [0, 0.1) is 46.3 Å². The molecule has 5 saturated carbocycles. The van der Waals surface area contributed by atoms with E-state index in [4.69, 9.17) is 0 Å². The highest BCUT2D eigenvalue weighted by Crippen LogP contribution is 2.67. The molecule has 0 aliphatic heterocycles. The molecule has 4 unspecified atom stereocenters. The Hall–Kier alpha value is -0.0800. The molecule has 0 saturated heterocycles. The van der Waals surface area contributed by atoms with Gasteiger partial charge in [0.2, 0.25) is 0 Å². The van der Waals surface area contributed by atoms with Crippen molar-refractivity contribution in [2.75, 3.05) is 0 Å². The lowest BCUT2D eigenvalue weighted by atomic mass is 9.44. The highest BCUT2D eigenvalue weighted by molar-refractivity contribution is 5.09. The van der Waals surface area contributed by atoms with E-state index >= 15 is 0 Å². The second-order valence-corrected chi connectivity index (χ2v) is 12.2. The Kier molecular flexibility index (Phi) is 9.21. The van der Waals surface area contributed by atoms with Crippen molar-refractivity contribution in [3.8, 4) is 0 Å². The predicted octanol–water partition coefficient (Wildman–Crippen LogP) is 8.00. The van der Waals surface area contributed by atoms with Crippen molar-refractivity contribution in [2.24, 2.45) is 46.3 Å². The zero-order valence-corrected chi connectivity index (χ0v) is 22.4. The minimum Gasteiger partial charge on any atom is -0.393 e. The van der Waals surface area contributed by atoms with E-state index in [0.717, 1.165) is 48.9 Å².